The van der Waals surface area contributed by atoms with Crippen LogP contribution in [0.2, 0.25) is 0 Å². The van der Waals surface area contributed by atoms with Crippen molar-refractivity contribution < 1.29 is 23.1 Å². The summed E-state index contributed by atoms with van der Waals surface area (Å²) in [7, 11) is 0. The predicted octanol–water partition coefficient (Wildman–Crippen LogP) is 2.14. The zero-order valence-electron chi connectivity index (χ0n) is 10.4. The third-order valence-corrected chi connectivity index (χ3v) is 2.12. The van der Waals surface area contributed by atoms with Crippen LogP contribution in [0.15, 0.2) is 23.8 Å². The molecule has 0 saturated carbocycles. The van der Waals surface area contributed by atoms with Gasteiger partial charge in [-0.05, 0) is 25.1 Å². The smallest absolute Gasteiger partial charge is 0.414 e. The molecule has 0 aliphatic heterocycles. The largest absolute Gasteiger partial charge is 0.450 e. The van der Waals surface area contributed by atoms with Crippen LogP contribution in [0.1, 0.15) is 12.5 Å². The zero-order chi connectivity index (χ0) is 15.1. The molecule has 1 rings (SSSR count). The van der Waals surface area contributed by atoms with Gasteiger partial charge in [0.2, 0.25) is 0 Å². The molecule has 7 heteroatoms. The first kappa shape index (κ1) is 15.3. The molecule has 0 fully saturated rings. The van der Waals surface area contributed by atoms with Crippen molar-refractivity contribution in [3.63, 3.8) is 0 Å². The maximum Gasteiger partial charge on any atom is 0.414 e. The number of imide groups is 1. The fourth-order valence-electron chi connectivity index (χ4n) is 1.25. The highest BCUT2D eigenvalue weighted by Crippen LogP contribution is 2.13. The maximum absolute atomic E-state index is 13.4. The summed E-state index contributed by atoms with van der Waals surface area (Å²) in [6.45, 7) is 1.59. The van der Waals surface area contributed by atoms with E-state index in [9.17, 15) is 18.4 Å². The monoisotopic (exact) mass is 280 g/mol. The standard InChI is InChI=1S/C13H10F2N2O3/c1-2-20-13(19)17-12(18)9(7-16)5-8-3-4-10(14)6-11(8)15/h3-6H,2H2,1H3,(H,17,18,19)/b9-5+. The maximum atomic E-state index is 13.4. The Morgan fingerprint density at radius 1 is 1.45 bits per heavy atom. The molecule has 104 valence electrons. The van der Waals surface area contributed by atoms with E-state index in [0.717, 1.165) is 18.2 Å². The predicted molar refractivity (Wildman–Crippen MR) is 65.1 cm³/mol. The minimum absolute atomic E-state index is 0.0529. The molecule has 1 aromatic carbocycles. The molecular weight excluding hydrogens is 270 g/mol. The van der Waals surface area contributed by atoms with Crippen LogP contribution in [0.25, 0.3) is 6.08 Å². The number of rotatable bonds is 3. The molecule has 20 heavy (non-hydrogen) atoms. The average Bonchev–Trinajstić information content (AvgIpc) is 2.38. The molecule has 2 amide bonds. The topological polar surface area (TPSA) is 79.2 Å². The molecule has 5 nitrogen and oxygen atoms in total. The summed E-state index contributed by atoms with van der Waals surface area (Å²) in [5, 5.41) is 10.6. The highest BCUT2D eigenvalue weighted by atomic mass is 19.1. The van der Waals surface area contributed by atoms with Gasteiger partial charge in [0.1, 0.15) is 23.3 Å². The first-order chi connectivity index (χ1) is 9.47. The van der Waals surface area contributed by atoms with Crippen LogP contribution in [-0.2, 0) is 9.53 Å². The van der Waals surface area contributed by atoms with E-state index in [1.54, 1.807) is 12.2 Å². The first-order valence-corrected chi connectivity index (χ1v) is 5.53. The number of amides is 2. The van der Waals surface area contributed by atoms with E-state index in [1.807, 2.05) is 0 Å². The summed E-state index contributed by atoms with van der Waals surface area (Å²) in [5.74, 6) is -2.74. The Labute approximate surface area is 113 Å². The normalized spacial score (nSPS) is 10.6. The fourth-order valence-corrected chi connectivity index (χ4v) is 1.25. The van der Waals surface area contributed by atoms with Crippen LogP contribution >= 0.6 is 0 Å². The van der Waals surface area contributed by atoms with Crippen molar-refractivity contribution in [1.82, 2.24) is 5.32 Å². The lowest BCUT2D eigenvalue weighted by Crippen LogP contribution is -2.31. The minimum Gasteiger partial charge on any atom is -0.450 e. The lowest BCUT2D eigenvalue weighted by Gasteiger charge is -2.03. The molecular formula is C13H10F2N2O3. The van der Waals surface area contributed by atoms with E-state index in [0.29, 0.717) is 6.07 Å². The second kappa shape index (κ2) is 6.99. The summed E-state index contributed by atoms with van der Waals surface area (Å²) in [5.41, 5.74) is -0.662. The lowest BCUT2D eigenvalue weighted by molar-refractivity contribution is -0.116. The van der Waals surface area contributed by atoms with E-state index >= 15 is 0 Å². The molecule has 0 atom stereocenters. The summed E-state index contributed by atoms with van der Waals surface area (Å²) >= 11 is 0. The Morgan fingerprint density at radius 2 is 2.15 bits per heavy atom. The Hall–Kier alpha value is -2.75. The molecule has 0 saturated heterocycles. The van der Waals surface area contributed by atoms with Crippen LogP contribution in [0, 0.1) is 23.0 Å². The number of ether oxygens (including phenoxy) is 1. The molecule has 1 aromatic rings. The van der Waals surface area contributed by atoms with Crippen molar-refractivity contribution in [1.29, 1.82) is 5.26 Å². The van der Waals surface area contributed by atoms with Crippen molar-refractivity contribution in [3.8, 4) is 6.07 Å². The molecule has 0 heterocycles. The van der Waals surface area contributed by atoms with Crippen LogP contribution in [-0.4, -0.2) is 18.6 Å². The van der Waals surface area contributed by atoms with Crippen LogP contribution < -0.4 is 5.32 Å². The average molecular weight is 280 g/mol. The highest BCUT2D eigenvalue weighted by Gasteiger charge is 2.14. The van der Waals surface area contributed by atoms with Crippen molar-refractivity contribution in [2.75, 3.05) is 6.61 Å². The summed E-state index contributed by atoms with van der Waals surface area (Å²) < 4.78 is 30.6. The molecule has 0 bridgehead atoms. The number of carbonyl (C=O) groups excluding carboxylic acids is 2. The van der Waals surface area contributed by atoms with Gasteiger partial charge in [0.05, 0.1) is 6.61 Å². The summed E-state index contributed by atoms with van der Waals surface area (Å²) in [6, 6.07) is 4.18. The Bertz CT molecular complexity index is 606. The summed E-state index contributed by atoms with van der Waals surface area (Å²) in [4.78, 5) is 22.6. The number of alkyl carbamates (subject to hydrolysis) is 1. The molecule has 0 spiro atoms. The van der Waals surface area contributed by atoms with Crippen molar-refractivity contribution in [2.45, 2.75) is 6.92 Å². The van der Waals surface area contributed by atoms with Gasteiger partial charge in [0.25, 0.3) is 5.91 Å². The second-order valence-corrected chi connectivity index (χ2v) is 3.51. The summed E-state index contributed by atoms with van der Waals surface area (Å²) in [6.07, 6.45) is -0.109. The van der Waals surface area contributed by atoms with Crippen molar-refractivity contribution >= 4 is 18.1 Å². The van der Waals surface area contributed by atoms with Crippen molar-refractivity contribution in [3.05, 3.63) is 41.0 Å². The van der Waals surface area contributed by atoms with Gasteiger partial charge in [-0.2, -0.15) is 5.26 Å². The SMILES string of the molecule is CCOC(=O)NC(=O)/C(C#N)=C/c1ccc(F)cc1F. The first-order valence-electron chi connectivity index (χ1n) is 5.53. The van der Waals surface area contributed by atoms with Gasteiger partial charge in [-0.3, -0.25) is 10.1 Å². The lowest BCUT2D eigenvalue weighted by atomic mass is 10.1. The van der Waals surface area contributed by atoms with Gasteiger partial charge in [-0.15, -0.1) is 0 Å². The number of benzene rings is 1. The fraction of sp³-hybridized carbons (Fsp3) is 0.154. The van der Waals surface area contributed by atoms with Gasteiger partial charge < -0.3 is 4.74 Å². The number of hydrogen-bond donors (Lipinski definition) is 1. The van der Waals surface area contributed by atoms with Gasteiger partial charge >= 0.3 is 6.09 Å². The Kier molecular flexibility index (Phi) is 5.35. The van der Waals surface area contributed by atoms with Crippen LogP contribution in [0.3, 0.4) is 0 Å². The quantitative estimate of drug-likeness (QED) is 0.679. The van der Waals surface area contributed by atoms with Gasteiger partial charge in [-0.25, -0.2) is 13.6 Å². The number of carbonyl (C=O) groups is 2. The van der Waals surface area contributed by atoms with Gasteiger partial charge in [0, 0.05) is 11.6 Å². The number of nitrogens with zero attached hydrogens (tertiary/aromatic N) is 1. The second-order valence-electron chi connectivity index (χ2n) is 3.51. The van der Waals surface area contributed by atoms with Gasteiger partial charge in [-0.1, -0.05) is 0 Å². The van der Waals surface area contributed by atoms with Crippen molar-refractivity contribution in [2.24, 2.45) is 0 Å². The van der Waals surface area contributed by atoms with Gasteiger partial charge in [0.15, 0.2) is 0 Å². The number of nitriles is 1. The Morgan fingerprint density at radius 3 is 2.70 bits per heavy atom. The third kappa shape index (κ3) is 4.17. The number of halogens is 2. The Balaban J connectivity index is 2.95. The van der Waals surface area contributed by atoms with Crippen LogP contribution in [0.4, 0.5) is 13.6 Å². The van der Waals surface area contributed by atoms with E-state index in [-0.39, 0.29) is 12.2 Å². The van der Waals surface area contributed by atoms with E-state index in [4.69, 9.17) is 5.26 Å². The molecule has 0 aliphatic carbocycles. The molecule has 0 aromatic heterocycles. The zero-order valence-corrected chi connectivity index (χ0v) is 10.4. The molecule has 1 N–H and O–H groups in total. The number of nitrogens with one attached hydrogen (secondary N) is 1. The number of hydrogen-bond acceptors (Lipinski definition) is 4. The molecule has 0 unspecified atom stereocenters. The van der Waals surface area contributed by atoms with E-state index in [1.165, 1.54) is 6.07 Å². The molecule has 0 radical (unpaired) electrons. The highest BCUT2D eigenvalue weighted by molar-refractivity contribution is 6.07. The van der Waals surface area contributed by atoms with E-state index < -0.39 is 29.2 Å². The van der Waals surface area contributed by atoms with E-state index in [2.05, 4.69) is 4.74 Å². The third-order valence-electron chi connectivity index (χ3n) is 2.12. The minimum atomic E-state index is -1.03. The van der Waals surface area contributed by atoms with Crippen LogP contribution in [0.5, 0.6) is 0 Å². The molecule has 0 aliphatic rings.